The molecule has 2 atom stereocenters. The Morgan fingerprint density at radius 1 is 0.806 bits per heavy atom. The van der Waals surface area contributed by atoms with E-state index in [0.717, 1.165) is 33.8 Å². The van der Waals surface area contributed by atoms with Crippen molar-refractivity contribution in [3.05, 3.63) is 78.9 Å². The molecule has 1 heterocycles. The number of ether oxygens (including phenoxy) is 2. The van der Waals surface area contributed by atoms with Crippen molar-refractivity contribution >= 4 is 10.9 Å². The van der Waals surface area contributed by atoms with Gasteiger partial charge in [-0.15, -0.1) is 0 Å². The molecule has 2 unspecified atom stereocenters. The molecule has 0 fully saturated rings. The van der Waals surface area contributed by atoms with Crippen molar-refractivity contribution in [2.24, 2.45) is 0 Å². The van der Waals surface area contributed by atoms with Crippen LogP contribution in [0, 0.1) is 0 Å². The fourth-order valence-electron chi connectivity index (χ4n) is 3.83. The fraction of sp³-hybridized carbons (Fsp3) is 0.259. The molecule has 3 aromatic carbocycles. The smallest absolute Gasteiger partial charge is 0.119 e. The molecule has 160 valence electrons. The van der Waals surface area contributed by atoms with Gasteiger partial charge in [-0.05, 0) is 82.0 Å². The predicted octanol–water partition coefficient (Wildman–Crippen LogP) is 6.02. The first kappa shape index (κ1) is 21.0. The lowest BCUT2D eigenvalue weighted by Gasteiger charge is -2.27. The second-order valence-corrected chi connectivity index (χ2v) is 8.18. The summed E-state index contributed by atoms with van der Waals surface area (Å²) in [4.78, 5) is 2.17. The summed E-state index contributed by atoms with van der Waals surface area (Å²) in [5.74, 6) is 1.74. The third kappa shape index (κ3) is 4.30. The maximum Gasteiger partial charge on any atom is 0.119 e. The van der Waals surface area contributed by atoms with Gasteiger partial charge in [-0.1, -0.05) is 30.3 Å². The fourth-order valence-corrected chi connectivity index (χ4v) is 3.83. The highest BCUT2D eigenvalue weighted by atomic mass is 16.5. The molecule has 0 N–H and O–H groups in total. The van der Waals surface area contributed by atoms with E-state index in [1.807, 2.05) is 12.1 Å². The first-order valence-corrected chi connectivity index (χ1v) is 10.7. The van der Waals surface area contributed by atoms with Gasteiger partial charge in [-0.3, -0.25) is 0 Å². The zero-order valence-electron chi connectivity index (χ0n) is 18.9. The zero-order chi connectivity index (χ0) is 22.0. The van der Waals surface area contributed by atoms with Gasteiger partial charge in [0, 0.05) is 17.1 Å². The summed E-state index contributed by atoms with van der Waals surface area (Å²) in [5, 5.41) is 1.15. The molecule has 0 spiro atoms. The van der Waals surface area contributed by atoms with Crippen LogP contribution in [-0.4, -0.2) is 42.8 Å². The highest BCUT2D eigenvalue weighted by Gasteiger charge is 2.17. The molecule has 4 nitrogen and oxygen atoms in total. The number of hydrogen-bond donors (Lipinski definition) is 0. The Hall–Kier alpha value is -3.24. The lowest BCUT2D eigenvalue weighted by Crippen LogP contribution is -2.37. The van der Waals surface area contributed by atoms with E-state index in [1.54, 1.807) is 7.11 Å². The van der Waals surface area contributed by atoms with E-state index in [4.69, 9.17) is 9.47 Å². The van der Waals surface area contributed by atoms with Crippen LogP contribution in [0.25, 0.3) is 27.8 Å². The summed E-state index contributed by atoms with van der Waals surface area (Å²) in [6.07, 6.45) is 0.0978. The average molecular weight is 415 g/mol. The van der Waals surface area contributed by atoms with Gasteiger partial charge in [0.05, 0.1) is 18.3 Å². The number of hydrogen-bond acceptors (Lipinski definition) is 3. The topological polar surface area (TPSA) is 26.6 Å². The van der Waals surface area contributed by atoms with E-state index < -0.39 is 0 Å². The minimum Gasteiger partial charge on any atom is -0.497 e. The molecule has 31 heavy (non-hydrogen) atoms. The van der Waals surface area contributed by atoms with Gasteiger partial charge in [0.2, 0.25) is 0 Å². The number of nitrogens with zero attached hydrogens (tertiary/aromatic N) is 2. The highest BCUT2D eigenvalue weighted by Crippen LogP contribution is 2.34. The second kappa shape index (κ2) is 8.86. The molecule has 4 heteroatoms. The molecule has 0 saturated heterocycles. The normalized spacial score (nSPS) is 13.4. The van der Waals surface area contributed by atoms with Crippen molar-refractivity contribution in [3.63, 3.8) is 0 Å². The Balaban J connectivity index is 1.74. The van der Waals surface area contributed by atoms with Crippen LogP contribution in [0.1, 0.15) is 13.8 Å². The van der Waals surface area contributed by atoms with Crippen molar-refractivity contribution in [2.75, 3.05) is 21.2 Å². The standard InChI is InChI=1S/C27H30N2O2/c1-19(28(3)4)20(2)31-24-13-11-23(12-14-24)29-26-16-15-25(30-5)17-22(26)18-27(29)21-9-7-6-8-10-21/h6-20H,1-5H3. The molecule has 0 aliphatic carbocycles. The number of fused-ring (bicyclic) bond motifs is 1. The van der Waals surface area contributed by atoms with E-state index in [1.165, 1.54) is 5.56 Å². The van der Waals surface area contributed by atoms with Gasteiger partial charge >= 0.3 is 0 Å². The summed E-state index contributed by atoms with van der Waals surface area (Å²) in [6, 6.07) is 27.6. The monoisotopic (exact) mass is 414 g/mol. The lowest BCUT2D eigenvalue weighted by atomic mass is 10.1. The van der Waals surface area contributed by atoms with E-state index in [-0.39, 0.29) is 6.10 Å². The van der Waals surface area contributed by atoms with Gasteiger partial charge in [-0.2, -0.15) is 0 Å². The van der Waals surface area contributed by atoms with Crippen LogP contribution in [0.15, 0.2) is 78.9 Å². The van der Waals surface area contributed by atoms with Crippen molar-refractivity contribution in [2.45, 2.75) is 26.0 Å². The van der Waals surface area contributed by atoms with Crippen LogP contribution in [-0.2, 0) is 0 Å². The number of rotatable bonds is 7. The van der Waals surface area contributed by atoms with E-state index in [0.29, 0.717) is 6.04 Å². The summed E-state index contributed by atoms with van der Waals surface area (Å²) in [7, 11) is 5.85. The number of benzene rings is 3. The van der Waals surface area contributed by atoms with Crippen molar-refractivity contribution in [1.82, 2.24) is 9.47 Å². The SMILES string of the molecule is COc1ccc2c(c1)cc(-c1ccccc1)n2-c1ccc(OC(C)C(C)N(C)C)cc1. The summed E-state index contributed by atoms with van der Waals surface area (Å²) >= 11 is 0. The zero-order valence-corrected chi connectivity index (χ0v) is 18.9. The summed E-state index contributed by atoms with van der Waals surface area (Å²) in [5.41, 5.74) is 4.56. The third-order valence-electron chi connectivity index (χ3n) is 5.99. The maximum atomic E-state index is 6.17. The minimum atomic E-state index is 0.0978. The van der Waals surface area contributed by atoms with Crippen LogP contribution in [0.4, 0.5) is 0 Å². The van der Waals surface area contributed by atoms with E-state index >= 15 is 0 Å². The Kier molecular flexibility index (Phi) is 6.01. The summed E-state index contributed by atoms with van der Waals surface area (Å²) < 4.78 is 13.9. The molecule has 0 aliphatic heterocycles. The van der Waals surface area contributed by atoms with Crippen LogP contribution in [0.3, 0.4) is 0 Å². The average Bonchev–Trinajstić information content (AvgIpc) is 3.18. The number of likely N-dealkylation sites (N-methyl/N-ethyl adjacent to an activating group) is 1. The summed E-state index contributed by atoms with van der Waals surface area (Å²) in [6.45, 7) is 4.28. The molecule has 0 amide bonds. The van der Waals surface area contributed by atoms with Gasteiger partial charge < -0.3 is 18.9 Å². The molecule has 1 aromatic heterocycles. The molecule has 4 aromatic rings. The number of aromatic nitrogens is 1. The Morgan fingerprint density at radius 2 is 1.48 bits per heavy atom. The molecular formula is C27H30N2O2. The predicted molar refractivity (Wildman–Crippen MR) is 129 cm³/mol. The molecule has 0 bridgehead atoms. The first-order chi connectivity index (χ1) is 15.0. The maximum absolute atomic E-state index is 6.17. The largest absolute Gasteiger partial charge is 0.497 e. The molecule has 0 aliphatic rings. The van der Waals surface area contributed by atoms with Gasteiger partial charge in [-0.25, -0.2) is 0 Å². The van der Waals surface area contributed by atoms with Gasteiger partial charge in [0.25, 0.3) is 0 Å². The molecule has 0 saturated carbocycles. The van der Waals surface area contributed by atoms with Crippen molar-refractivity contribution < 1.29 is 9.47 Å². The van der Waals surface area contributed by atoms with Crippen molar-refractivity contribution in [1.29, 1.82) is 0 Å². The number of methoxy groups -OCH3 is 1. The first-order valence-electron chi connectivity index (χ1n) is 10.7. The Bertz CT molecular complexity index is 1150. The Morgan fingerprint density at radius 3 is 2.13 bits per heavy atom. The quantitative estimate of drug-likeness (QED) is 0.370. The Labute approximate surface area is 184 Å². The van der Waals surface area contributed by atoms with Gasteiger partial charge in [0.15, 0.2) is 0 Å². The molecule has 4 rings (SSSR count). The van der Waals surface area contributed by atoms with Gasteiger partial charge in [0.1, 0.15) is 17.6 Å². The van der Waals surface area contributed by atoms with E-state index in [9.17, 15) is 0 Å². The van der Waals surface area contributed by atoms with Crippen LogP contribution in [0.2, 0.25) is 0 Å². The lowest BCUT2D eigenvalue weighted by molar-refractivity contribution is 0.121. The highest BCUT2D eigenvalue weighted by molar-refractivity contribution is 5.90. The molecule has 0 radical (unpaired) electrons. The van der Waals surface area contributed by atoms with Crippen LogP contribution in [0.5, 0.6) is 11.5 Å². The minimum absolute atomic E-state index is 0.0978. The van der Waals surface area contributed by atoms with E-state index in [2.05, 4.69) is 104 Å². The third-order valence-corrected chi connectivity index (χ3v) is 5.99. The second-order valence-electron chi connectivity index (χ2n) is 8.18. The molecular weight excluding hydrogens is 384 g/mol. The van der Waals surface area contributed by atoms with Crippen LogP contribution >= 0.6 is 0 Å². The van der Waals surface area contributed by atoms with Crippen LogP contribution < -0.4 is 9.47 Å². The van der Waals surface area contributed by atoms with Crippen molar-refractivity contribution in [3.8, 4) is 28.4 Å².